The Kier molecular flexibility index (Phi) is 6.47. The SMILES string of the molecule is C#CCOc1c(Br)cc(/C=C2/SC(=S)N(CC(=O)O)C2=O)cc1OC. The molecule has 0 spiro atoms. The van der Waals surface area contributed by atoms with Crippen molar-refractivity contribution in [3.8, 4) is 23.8 Å². The summed E-state index contributed by atoms with van der Waals surface area (Å²) in [5, 5.41) is 8.86. The minimum Gasteiger partial charge on any atom is -0.493 e. The number of halogens is 1. The molecule has 9 heteroatoms. The lowest BCUT2D eigenvalue weighted by Crippen LogP contribution is -2.33. The lowest BCUT2D eigenvalue weighted by Gasteiger charge is -2.12. The van der Waals surface area contributed by atoms with Gasteiger partial charge in [0.05, 0.1) is 16.5 Å². The van der Waals surface area contributed by atoms with Crippen molar-refractivity contribution >= 4 is 62.2 Å². The van der Waals surface area contributed by atoms with Crippen LogP contribution >= 0.6 is 39.9 Å². The molecule has 0 unspecified atom stereocenters. The Morgan fingerprint density at radius 1 is 1.56 bits per heavy atom. The van der Waals surface area contributed by atoms with Crippen molar-refractivity contribution in [1.82, 2.24) is 4.90 Å². The fraction of sp³-hybridized carbons (Fsp3) is 0.188. The van der Waals surface area contributed by atoms with E-state index in [1.807, 2.05) is 0 Å². The molecule has 1 amide bonds. The third-order valence-electron chi connectivity index (χ3n) is 3.02. The minimum atomic E-state index is -1.13. The van der Waals surface area contributed by atoms with Crippen molar-refractivity contribution in [3.05, 3.63) is 27.1 Å². The summed E-state index contributed by atoms with van der Waals surface area (Å²) in [4.78, 5) is 24.5. The predicted octanol–water partition coefficient (Wildman–Crippen LogP) is 2.76. The summed E-state index contributed by atoms with van der Waals surface area (Å²) >= 11 is 9.49. The molecule has 0 bridgehead atoms. The van der Waals surface area contributed by atoms with Gasteiger partial charge in [-0.25, -0.2) is 0 Å². The Balaban J connectivity index is 2.34. The number of rotatable bonds is 6. The van der Waals surface area contributed by atoms with Crippen LogP contribution in [0, 0.1) is 12.3 Å². The summed E-state index contributed by atoms with van der Waals surface area (Å²) in [6.07, 6.45) is 6.80. The molecule has 130 valence electrons. The monoisotopic (exact) mass is 441 g/mol. The molecule has 1 aliphatic heterocycles. The van der Waals surface area contributed by atoms with Gasteiger partial charge in [-0.1, -0.05) is 29.9 Å². The van der Waals surface area contributed by atoms with Crippen LogP contribution in [-0.4, -0.2) is 46.5 Å². The van der Waals surface area contributed by atoms with Crippen molar-refractivity contribution in [3.63, 3.8) is 0 Å². The molecule has 2 rings (SSSR count). The maximum Gasteiger partial charge on any atom is 0.323 e. The van der Waals surface area contributed by atoms with E-state index in [2.05, 4.69) is 21.9 Å². The quantitative estimate of drug-likeness (QED) is 0.413. The van der Waals surface area contributed by atoms with Gasteiger partial charge < -0.3 is 14.6 Å². The van der Waals surface area contributed by atoms with Crippen LogP contribution in [0.15, 0.2) is 21.5 Å². The molecular formula is C16H12BrNO5S2. The topological polar surface area (TPSA) is 76.1 Å². The fourth-order valence-corrected chi connectivity index (χ4v) is 3.83. The van der Waals surface area contributed by atoms with Crippen molar-refractivity contribution in [2.45, 2.75) is 0 Å². The zero-order valence-corrected chi connectivity index (χ0v) is 16.2. The molecule has 1 saturated heterocycles. The first-order valence-electron chi connectivity index (χ1n) is 6.78. The van der Waals surface area contributed by atoms with E-state index < -0.39 is 18.4 Å². The Labute approximate surface area is 162 Å². The van der Waals surface area contributed by atoms with E-state index in [4.69, 9.17) is 33.2 Å². The largest absolute Gasteiger partial charge is 0.493 e. The Morgan fingerprint density at radius 2 is 2.28 bits per heavy atom. The third kappa shape index (κ3) is 4.54. The summed E-state index contributed by atoms with van der Waals surface area (Å²) in [5.41, 5.74) is 0.660. The number of aliphatic carboxylic acids is 1. The number of benzene rings is 1. The number of carbonyl (C=O) groups is 2. The normalized spacial score (nSPS) is 15.4. The summed E-state index contributed by atoms with van der Waals surface area (Å²) in [5.74, 6) is 1.70. The summed E-state index contributed by atoms with van der Waals surface area (Å²) in [7, 11) is 1.49. The standard InChI is InChI=1S/C16H12BrNO5S2/c1-3-4-23-14-10(17)5-9(6-11(14)22-2)7-12-15(21)18(8-13(19)20)16(24)25-12/h1,5-7H,4,8H2,2H3,(H,19,20)/b12-7+. The minimum absolute atomic E-state index is 0.0855. The number of nitrogens with zero attached hydrogens (tertiary/aromatic N) is 1. The molecule has 1 heterocycles. The number of hydrogen-bond donors (Lipinski definition) is 1. The number of carboxylic acids is 1. The van der Waals surface area contributed by atoms with Gasteiger partial charge in [-0.05, 0) is 39.7 Å². The van der Waals surface area contributed by atoms with Gasteiger partial charge in [-0.15, -0.1) is 6.42 Å². The number of terminal acetylenes is 1. The van der Waals surface area contributed by atoms with Crippen molar-refractivity contribution in [1.29, 1.82) is 0 Å². The highest BCUT2D eigenvalue weighted by Crippen LogP contribution is 2.39. The number of hydrogen-bond acceptors (Lipinski definition) is 6. The lowest BCUT2D eigenvalue weighted by molar-refractivity contribution is -0.140. The molecule has 1 aromatic carbocycles. The smallest absolute Gasteiger partial charge is 0.323 e. The number of methoxy groups -OCH3 is 1. The van der Waals surface area contributed by atoms with E-state index in [1.165, 1.54) is 7.11 Å². The van der Waals surface area contributed by atoms with Crippen LogP contribution in [0.3, 0.4) is 0 Å². The van der Waals surface area contributed by atoms with Gasteiger partial charge in [0, 0.05) is 0 Å². The molecule has 1 aromatic rings. The van der Waals surface area contributed by atoms with Gasteiger partial charge in [-0.2, -0.15) is 0 Å². The zero-order valence-electron chi connectivity index (χ0n) is 12.9. The number of amides is 1. The van der Waals surface area contributed by atoms with E-state index >= 15 is 0 Å². The van der Waals surface area contributed by atoms with E-state index in [9.17, 15) is 9.59 Å². The Morgan fingerprint density at radius 3 is 2.88 bits per heavy atom. The van der Waals surface area contributed by atoms with Gasteiger partial charge >= 0.3 is 5.97 Å². The first kappa shape index (κ1) is 19.3. The second kappa shape index (κ2) is 8.38. The van der Waals surface area contributed by atoms with Crippen LogP contribution in [0.5, 0.6) is 11.5 Å². The Hall–Kier alpha value is -2.02. The highest BCUT2D eigenvalue weighted by atomic mass is 79.9. The van der Waals surface area contributed by atoms with Crippen LogP contribution < -0.4 is 9.47 Å². The molecule has 0 saturated carbocycles. The van der Waals surface area contributed by atoms with Crippen LogP contribution in [0.1, 0.15) is 5.56 Å². The molecule has 1 aliphatic rings. The summed E-state index contributed by atoms with van der Waals surface area (Å²) in [6, 6.07) is 3.42. The molecule has 1 fully saturated rings. The van der Waals surface area contributed by atoms with E-state index in [0.29, 0.717) is 26.4 Å². The number of thiocarbonyl (C=S) groups is 1. The van der Waals surface area contributed by atoms with Crippen LogP contribution in [-0.2, 0) is 9.59 Å². The molecule has 0 aromatic heterocycles. The fourth-order valence-electron chi connectivity index (χ4n) is 2.00. The molecule has 0 radical (unpaired) electrons. The van der Waals surface area contributed by atoms with Gasteiger partial charge in [0.25, 0.3) is 5.91 Å². The van der Waals surface area contributed by atoms with E-state index in [1.54, 1.807) is 18.2 Å². The highest BCUT2D eigenvalue weighted by Gasteiger charge is 2.33. The first-order valence-corrected chi connectivity index (χ1v) is 8.80. The zero-order chi connectivity index (χ0) is 18.6. The van der Waals surface area contributed by atoms with Crippen molar-refractivity contribution in [2.75, 3.05) is 20.3 Å². The number of carboxylic acid groups (broad SMARTS) is 1. The average Bonchev–Trinajstić information content (AvgIpc) is 2.80. The molecular weight excluding hydrogens is 430 g/mol. The van der Waals surface area contributed by atoms with Crippen LogP contribution in [0.25, 0.3) is 6.08 Å². The predicted molar refractivity (Wildman–Crippen MR) is 103 cm³/mol. The maximum atomic E-state index is 12.3. The molecule has 1 N–H and O–H groups in total. The second-order valence-electron chi connectivity index (χ2n) is 4.69. The molecule has 0 atom stereocenters. The van der Waals surface area contributed by atoms with E-state index in [-0.39, 0.29) is 10.9 Å². The van der Waals surface area contributed by atoms with Crippen molar-refractivity contribution in [2.24, 2.45) is 0 Å². The third-order valence-corrected chi connectivity index (χ3v) is 4.98. The maximum absolute atomic E-state index is 12.3. The van der Waals surface area contributed by atoms with Gasteiger partial charge in [-0.3, -0.25) is 14.5 Å². The first-order chi connectivity index (χ1) is 11.9. The van der Waals surface area contributed by atoms with E-state index in [0.717, 1.165) is 16.7 Å². The van der Waals surface area contributed by atoms with Crippen LogP contribution in [0.2, 0.25) is 0 Å². The molecule has 6 nitrogen and oxygen atoms in total. The molecule has 25 heavy (non-hydrogen) atoms. The van der Waals surface area contributed by atoms with Crippen LogP contribution in [0.4, 0.5) is 0 Å². The molecule has 0 aliphatic carbocycles. The van der Waals surface area contributed by atoms with Crippen molar-refractivity contribution < 1.29 is 24.2 Å². The number of thioether (sulfide) groups is 1. The van der Waals surface area contributed by atoms with Gasteiger partial charge in [0.2, 0.25) is 0 Å². The Bertz CT molecular complexity index is 815. The number of carbonyl (C=O) groups excluding carboxylic acids is 1. The average molecular weight is 442 g/mol. The van der Waals surface area contributed by atoms with Gasteiger partial charge in [0.1, 0.15) is 17.5 Å². The van der Waals surface area contributed by atoms with Gasteiger partial charge in [0.15, 0.2) is 11.5 Å². The highest BCUT2D eigenvalue weighted by molar-refractivity contribution is 9.10. The second-order valence-corrected chi connectivity index (χ2v) is 7.22. The summed E-state index contributed by atoms with van der Waals surface area (Å²) < 4.78 is 11.5. The number of ether oxygens (including phenoxy) is 2. The summed E-state index contributed by atoms with van der Waals surface area (Å²) in [6.45, 7) is -0.379. The lowest BCUT2D eigenvalue weighted by atomic mass is 10.2.